The highest BCUT2D eigenvalue weighted by atomic mass is 19.3. The number of halogens is 3. The van der Waals surface area contributed by atoms with Gasteiger partial charge in [-0.3, -0.25) is 14.2 Å². The van der Waals surface area contributed by atoms with Crippen LogP contribution in [0.4, 0.5) is 13.2 Å². The fourth-order valence-electron chi connectivity index (χ4n) is 3.41. The van der Waals surface area contributed by atoms with E-state index in [4.69, 9.17) is 4.74 Å². The zero-order valence-electron chi connectivity index (χ0n) is 17.5. The second-order valence-corrected chi connectivity index (χ2v) is 7.18. The Labute approximate surface area is 182 Å². The number of alkyl halides is 2. The summed E-state index contributed by atoms with van der Waals surface area (Å²) < 4.78 is 49.5. The molecule has 0 unspecified atom stereocenters. The lowest BCUT2D eigenvalue weighted by Gasteiger charge is -2.09. The largest absolute Gasteiger partial charge is 0.505 e. The number of nitrogens with zero attached hydrogens (tertiary/aromatic N) is 1. The first-order valence-electron chi connectivity index (χ1n) is 10.0. The first-order chi connectivity index (χ1) is 15.2. The Kier molecular flexibility index (Phi) is 7.07. The van der Waals surface area contributed by atoms with Gasteiger partial charge in [0.15, 0.2) is 11.6 Å². The summed E-state index contributed by atoms with van der Waals surface area (Å²) in [5.41, 5.74) is 1.09. The number of esters is 1. The van der Waals surface area contributed by atoms with E-state index in [-0.39, 0.29) is 29.9 Å². The maximum Gasteiger partial charge on any atom is 0.387 e. The summed E-state index contributed by atoms with van der Waals surface area (Å²) >= 11 is 0. The van der Waals surface area contributed by atoms with E-state index in [2.05, 4.69) is 4.74 Å². The van der Waals surface area contributed by atoms with Gasteiger partial charge in [-0.2, -0.15) is 8.78 Å². The number of carbonyl (C=O) groups is 2. The summed E-state index contributed by atoms with van der Waals surface area (Å²) in [5, 5.41) is 10.2. The van der Waals surface area contributed by atoms with Gasteiger partial charge in [0.1, 0.15) is 5.75 Å². The van der Waals surface area contributed by atoms with E-state index >= 15 is 0 Å². The first-order valence-corrected chi connectivity index (χ1v) is 10.0. The van der Waals surface area contributed by atoms with Crippen LogP contribution in [0.2, 0.25) is 0 Å². The van der Waals surface area contributed by atoms with Gasteiger partial charge in [-0.05, 0) is 49.2 Å². The van der Waals surface area contributed by atoms with Crippen LogP contribution in [0.5, 0.6) is 11.5 Å². The average Bonchev–Trinajstić information content (AvgIpc) is 2.99. The predicted octanol–water partition coefficient (Wildman–Crippen LogP) is 4.97. The quantitative estimate of drug-likeness (QED) is 0.388. The first kappa shape index (κ1) is 23.2. The molecular weight excluding hydrogens is 427 g/mol. The third kappa shape index (κ3) is 4.87. The number of hydrogen-bond acceptors (Lipinski definition) is 5. The number of phenols is 1. The average molecular weight is 449 g/mol. The van der Waals surface area contributed by atoms with Gasteiger partial charge in [0.05, 0.1) is 18.5 Å². The van der Waals surface area contributed by atoms with Crippen LogP contribution >= 0.6 is 0 Å². The molecule has 2 aromatic carbocycles. The highest BCUT2D eigenvalue weighted by Gasteiger charge is 2.23. The molecule has 0 amide bonds. The van der Waals surface area contributed by atoms with Gasteiger partial charge in [-0.25, -0.2) is 4.39 Å². The maximum atomic E-state index is 14.1. The van der Waals surface area contributed by atoms with Gasteiger partial charge in [-0.15, -0.1) is 0 Å². The Bertz CT molecular complexity index is 1140. The van der Waals surface area contributed by atoms with Crippen molar-refractivity contribution in [1.29, 1.82) is 0 Å². The normalized spacial score (nSPS) is 11.2. The van der Waals surface area contributed by atoms with Crippen molar-refractivity contribution >= 4 is 22.8 Å². The third-order valence-electron chi connectivity index (χ3n) is 5.01. The second-order valence-electron chi connectivity index (χ2n) is 7.18. The van der Waals surface area contributed by atoms with E-state index < -0.39 is 30.1 Å². The van der Waals surface area contributed by atoms with Gasteiger partial charge in [0.2, 0.25) is 0 Å². The van der Waals surface area contributed by atoms with Crippen LogP contribution in [-0.2, 0) is 16.0 Å². The molecule has 0 bridgehead atoms. The van der Waals surface area contributed by atoms with Crippen LogP contribution in [0.15, 0.2) is 36.4 Å². The van der Waals surface area contributed by atoms with E-state index in [1.165, 1.54) is 28.8 Å². The standard InChI is InChI=1S/C23H22F3NO5/c1-3-4-9-31-21(29)11-16-13(2)27(19-12-18(24)20(28)10-17(16)19)22(30)14-5-7-15(8-6-14)32-23(25)26/h5-8,10,12,23,28H,3-4,9,11H2,1-2H3. The topological polar surface area (TPSA) is 77.8 Å². The zero-order chi connectivity index (χ0) is 23.4. The molecule has 0 saturated heterocycles. The summed E-state index contributed by atoms with van der Waals surface area (Å²) in [4.78, 5) is 25.5. The molecule has 0 aliphatic rings. The van der Waals surface area contributed by atoms with Crippen molar-refractivity contribution in [1.82, 2.24) is 4.57 Å². The summed E-state index contributed by atoms with van der Waals surface area (Å²) in [6.45, 7) is 0.817. The van der Waals surface area contributed by atoms with Crippen LogP contribution in [-0.4, -0.2) is 34.8 Å². The van der Waals surface area contributed by atoms with Crippen molar-refractivity contribution in [2.24, 2.45) is 0 Å². The summed E-state index contributed by atoms with van der Waals surface area (Å²) in [6, 6.07) is 7.23. The molecule has 170 valence electrons. The number of unbranched alkanes of at least 4 members (excludes halogenated alkanes) is 1. The number of fused-ring (bicyclic) bond motifs is 1. The Morgan fingerprint density at radius 3 is 2.47 bits per heavy atom. The number of phenolic OH excluding ortho intramolecular Hbond substituents is 1. The number of rotatable bonds is 8. The second kappa shape index (κ2) is 9.76. The molecular formula is C23H22F3NO5. The highest BCUT2D eigenvalue weighted by molar-refractivity contribution is 6.05. The molecule has 6 nitrogen and oxygen atoms in total. The third-order valence-corrected chi connectivity index (χ3v) is 5.01. The number of ether oxygens (including phenoxy) is 2. The van der Waals surface area contributed by atoms with Crippen LogP contribution in [0, 0.1) is 12.7 Å². The fraction of sp³-hybridized carbons (Fsp3) is 0.304. The molecule has 1 N–H and O–H groups in total. The summed E-state index contributed by atoms with van der Waals surface area (Å²) in [6.07, 6.45) is 1.40. The van der Waals surface area contributed by atoms with Crippen molar-refractivity contribution in [2.45, 2.75) is 39.7 Å². The summed E-state index contributed by atoms with van der Waals surface area (Å²) in [7, 11) is 0. The van der Waals surface area contributed by atoms with E-state index in [0.29, 0.717) is 23.1 Å². The molecule has 3 aromatic rings. The van der Waals surface area contributed by atoms with Gasteiger partial charge in [0, 0.05) is 22.7 Å². The Balaban J connectivity index is 2.02. The minimum atomic E-state index is -3.00. The van der Waals surface area contributed by atoms with Gasteiger partial charge < -0.3 is 14.6 Å². The molecule has 0 spiro atoms. The van der Waals surface area contributed by atoms with Crippen LogP contribution in [0.1, 0.15) is 41.4 Å². The molecule has 32 heavy (non-hydrogen) atoms. The highest BCUT2D eigenvalue weighted by Crippen LogP contribution is 2.32. The van der Waals surface area contributed by atoms with Crippen molar-refractivity contribution in [2.75, 3.05) is 6.61 Å². The molecule has 0 saturated carbocycles. The lowest BCUT2D eigenvalue weighted by molar-refractivity contribution is -0.142. The van der Waals surface area contributed by atoms with Crippen molar-refractivity contribution in [3.63, 3.8) is 0 Å². The molecule has 0 aliphatic carbocycles. The molecule has 0 fully saturated rings. The molecule has 3 rings (SSSR count). The van der Waals surface area contributed by atoms with Crippen molar-refractivity contribution in [3.05, 3.63) is 59.0 Å². The fourth-order valence-corrected chi connectivity index (χ4v) is 3.41. The molecule has 9 heteroatoms. The number of carbonyl (C=O) groups excluding carboxylic acids is 2. The lowest BCUT2D eigenvalue weighted by atomic mass is 10.1. The van der Waals surface area contributed by atoms with E-state index in [1.807, 2.05) is 6.92 Å². The number of hydrogen-bond donors (Lipinski definition) is 1. The minimum absolute atomic E-state index is 0.114. The van der Waals surface area contributed by atoms with Crippen LogP contribution in [0.25, 0.3) is 10.9 Å². The molecule has 0 radical (unpaired) electrons. The summed E-state index contributed by atoms with van der Waals surface area (Å²) in [5.74, 6) is -2.73. The van der Waals surface area contributed by atoms with Crippen LogP contribution < -0.4 is 4.74 Å². The van der Waals surface area contributed by atoms with Gasteiger partial charge >= 0.3 is 12.6 Å². The number of benzene rings is 2. The van der Waals surface area contributed by atoms with Crippen LogP contribution in [0.3, 0.4) is 0 Å². The lowest BCUT2D eigenvalue weighted by Crippen LogP contribution is -2.15. The van der Waals surface area contributed by atoms with Crippen molar-refractivity contribution in [3.8, 4) is 11.5 Å². The molecule has 0 atom stereocenters. The Morgan fingerprint density at radius 1 is 1.16 bits per heavy atom. The van der Waals surface area contributed by atoms with Crippen molar-refractivity contribution < 1.29 is 37.3 Å². The van der Waals surface area contributed by atoms with Gasteiger partial charge in [0.25, 0.3) is 5.91 Å². The number of aromatic nitrogens is 1. The molecule has 1 aromatic heterocycles. The van der Waals surface area contributed by atoms with E-state index in [9.17, 15) is 27.9 Å². The predicted molar refractivity (Wildman–Crippen MR) is 111 cm³/mol. The zero-order valence-corrected chi connectivity index (χ0v) is 17.5. The van der Waals surface area contributed by atoms with E-state index in [1.54, 1.807) is 6.92 Å². The maximum absolute atomic E-state index is 14.1. The monoisotopic (exact) mass is 449 g/mol. The van der Waals surface area contributed by atoms with E-state index in [0.717, 1.165) is 18.6 Å². The number of aromatic hydroxyl groups is 1. The Morgan fingerprint density at radius 2 is 1.84 bits per heavy atom. The Hall–Kier alpha value is -3.49. The molecule has 0 aliphatic heterocycles. The minimum Gasteiger partial charge on any atom is -0.505 e. The SMILES string of the molecule is CCCCOC(=O)Cc1c(C)n(C(=O)c2ccc(OC(F)F)cc2)c2cc(F)c(O)cc12. The smallest absolute Gasteiger partial charge is 0.387 e. The molecule has 1 heterocycles. The van der Waals surface area contributed by atoms with Gasteiger partial charge in [-0.1, -0.05) is 13.3 Å².